The predicted molar refractivity (Wildman–Crippen MR) is 108 cm³/mol. The van der Waals surface area contributed by atoms with Crippen LogP contribution in [0.4, 0.5) is 5.69 Å². The van der Waals surface area contributed by atoms with Crippen LogP contribution in [0, 0.1) is 0 Å². The van der Waals surface area contributed by atoms with Crippen molar-refractivity contribution in [2.24, 2.45) is 0 Å². The van der Waals surface area contributed by atoms with Crippen LogP contribution in [-0.2, 0) is 6.42 Å². The summed E-state index contributed by atoms with van der Waals surface area (Å²) in [5.74, 6) is -0.368. The van der Waals surface area contributed by atoms with Crippen LogP contribution < -0.4 is 10.6 Å². The minimum absolute atomic E-state index is 0.00324. The highest BCUT2D eigenvalue weighted by atomic mass is 32.1. The molecule has 136 valence electrons. The second-order valence-corrected chi connectivity index (χ2v) is 7.54. The quantitative estimate of drug-likeness (QED) is 0.687. The van der Waals surface area contributed by atoms with Crippen LogP contribution in [0.1, 0.15) is 50.0 Å². The summed E-state index contributed by atoms with van der Waals surface area (Å²) in [6.45, 7) is 0. The molecule has 4 rings (SSSR count). The zero-order valence-corrected chi connectivity index (χ0v) is 15.6. The van der Waals surface area contributed by atoms with Crippen LogP contribution in [0.3, 0.4) is 0 Å². The van der Waals surface area contributed by atoms with E-state index in [2.05, 4.69) is 22.8 Å². The van der Waals surface area contributed by atoms with Crippen LogP contribution in [-0.4, -0.2) is 11.8 Å². The highest BCUT2D eigenvalue weighted by Crippen LogP contribution is 2.30. The van der Waals surface area contributed by atoms with Gasteiger partial charge in [-0.3, -0.25) is 9.59 Å². The van der Waals surface area contributed by atoms with Crippen LogP contribution >= 0.6 is 11.3 Å². The second-order valence-electron chi connectivity index (χ2n) is 6.59. The second kappa shape index (κ2) is 7.76. The lowest BCUT2D eigenvalue weighted by Crippen LogP contribution is -2.31. The molecule has 2 amide bonds. The first kappa shape index (κ1) is 17.5. The first-order valence-corrected chi connectivity index (χ1v) is 9.93. The van der Waals surface area contributed by atoms with E-state index in [1.165, 1.54) is 22.5 Å². The van der Waals surface area contributed by atoms with Gasteiger partial charge in [0.1, 0.15) is 0 Å². The molecule has 1 aliphatic rings. The maximum atomic E-state index is 13.0. The van der Waals surface area contributed by atoms with Gasteiger partial charge >= 0.3 is 0 Å². The number of thiophene rings is 1. The number of carbonyl (C=O) groups excluding carboxylic acids is 2. The van der Waals surface area contributed by atoms with Crippen molar-refractivity contribution in [2.75, 3.05) is 5.32 Å². The summed E-state index contributed by atoms with van der Waals surface area (Å²) in [7, 11) is 0. The number of amides is 2. The van der Waals surface area contributed by atoms with E-state index in [1.54, 1.807) is 18.2 Å². The molecule has 2 N–H and O–H groups in total. The van der Waals surface area contributed by atoms with E-state index in [0.717, 1.165) is 19.3 Å². The van der Waals surface area contributed by atoms with E-state index in [9.17, 15) is 9.59 Å². The molecule has 1 aromatic heterocycles. The molecule has 1 atom stereocenters. The van der Waals surface area contributed by atoms with Crippen molar-refractivity contribution in [1.82, 2.24) is 5.32 Å². The van der Waals surface area contributed by atoms with Crippen molar-refractivity contribution < 1.29 is 9.59 Å². The average molecular weight is 376 g/mol. The van der Waals surface area contributed by atoms with Gasteiger partial charge in [0.25, 0.3) is 11.8 Å². The molecule has 0 bridgehead atoms. The average Bonchev–Trinajstić information content (AvgIpc) is 3.24. The van der Waals surface area contributed by atoms with Crippen LogP contribution in [0.25, 0.3) is 0 Å². The molecule has 0 spiro atoms. The SMILES string of the molecule is O=C(Nc1ccccc1C(=O)N[C@@H]1CCCc2ccccc21)c1cccs1. The number of nitrogens with one attached hydrogen (secondary N) is 2. The topological polar surface area (TPSA) is 58.2 Å². The Kier molecular flexibility index (Phi) is 5.03. The molecule has 0 saturated carbocycles. The maximum Gasteiger partial charge on any atom is 0.265 e. The van der Waals surface area contributed by atoms with Gasteiger partial charge in [-0.05, 0) is 54.0 Å². The fourth-order valence-electron chi connectivity index (χ4n) is 3.52. The number of anilines is 1. The van der Waals surface area contributed by atoms with Gasteiger partial charge in [0, 0.05) is 0 Å². The van der Waals surface area contributed by atoms with Crippen molar-refractivity contribution in [1.29, 1.82) is 0 Å². The van der Waals surface area contributed by atoms with E-state index in [0.29, 0.717) is 16.1 Å². The molecular weight excluding hydrogens is 356 g/mol. The van der Waals surface area contributed by atoms with Gasteiger partial charge in [-0.15, -0.1) is 11.3 Å². The largest absolute Gasteiger partial charge is 0.345 e. The number of hydrogen-bond acceptors (Lipinski definition) is 3. The van der Waals surface area contributed by atoms with Gasteiger partial charge in [0.15, 0.2) is 0 Å². The smallest absolute Gasteiger partial charge is 0.265 e. The van der Waals surface area contributed by atoms with Gasteiger partial charge in [-0.2, -0.15) is 0 Å². The van der Waals surface area contributed by atoms with Gasteiger partial charge in [0.05, 0.1) is 22.2 Å². The lowest BCUT2D eigenvalue weighted by Gasteiger charge is -2.26. The van der Waals surface area contributed by atoms with E-state index in [4.69, 9.17) is 0 Å². The van der Waals surface area contributed by atoms with Gasteiger partial charge in [0.2, 0.25) is 0 Å². The number of rotatable bonds is 4. The van der Waals surface area contributed by atoms with E-state index in [-0.39, 0.29) is 17.9 Å². The fourth-order valence-corrected chi connectivity index (χ4v) is 4.14. The van der Waals surface area contributed by atoms with Crippen molar-refractivity contribution in [2.45, 2.75) is 25.3 Å². The van der Waals surface area contributed by atoms with Crippen molar-refractivity contribution >= 4 is 28.8 Å². The highest BCUT2D eigenvalue weighted by Gasteiger charge is 2.23. The molecule has 4 nitrogen and oxygen atoms in total. The Morgan fingerprint density at radius 2 is 1.74 bits per heavy atom. The fraction of sp³-hybridized carbons (Fsp3) is 0.182. The number of hydrogen-bond donors (Lipinski definition) is 2. The Labute approximate surface area is 162 Å². The summed E-state index contributed by atoms with van der Waals surface area (Å²) in [5.41, 5.74) is 3.49. The standard InChI is InChI=1S/C22H20N2O2S/c25-21(23-18-12-5-8-15-7-1-2-9-16(15)18)17-10-3-4-11-19(17)24-22(26)20-13-6-14-27-20/h1-4,6-7,9-11,13-14,18H,5,8,12H2,(H,23,25)(H,24,26)/t18-/m1/s1. The Morgan fingerprint density at radius 3 is 2.59 bits per heavy atom. The zero-order chi connectivity index (χ0) is 18.6. The monoisotopic (exact) mass is 376 g/mol. The normalized spacial score (nSPS) is 15.6. The number of carbonyl (C=O) groups is 2. The molecule has 3 aromatic rings. The van der Waals surface area contributed by atoms with E-state index < -0.39 is 0 Å². The number of fused-ring (bicyclic) bond motifs is 1. The molecule has 2 aromatic carbocycles. The number of benzene rings is 2. The Hall–Kier alpha value is -2.92. The molecule has 5 heteroatoms. The third kappa shape index (κ3) is 3.78. The van der Waals surface area contributed by atoms with E-state index in [1.807, 2.05) is 35.7 Å². The first-order chi connectivity index (χ1) is 13.2. The summed E-state index contributed by atoms with van der Waals surface area (Å²) in [6.07, 6.45) is 3.03. The molecule has 0 radical (unpaired) electrons. The molecular formula is C22H20N2O2S. The summed E-state index contributed by atoms with van der Waals surface area (Å²) < 4.78 is 0. The summed E-state index contributed by atoms with van der Waals surface area (Å²) in [4.78, 5) is 25.9. The summed E-state index contributed by atoms with van der Waals surface area (Å²) in [5, 5.41) is 7.87. The summed E-state index contributed by atoms with van der Waals surface area (Å²) >= 11 is 1.37. The number of aryl methyl sites for hydroxylation is 1. The third-order valence-corrected chi connectivity index (χ3v) is 5.71. The van der Waals surface area contributed by atoms with Crippen LogP contribution in [0.15, 0.2) is 66.0 Å². The van der Waals surface area contributed by atoms with Crippen molar-refractivity contribution in [3.63, 3.8) is 0 Å². The Morgan fingerprint density at radius 1 is 0.926 bits per heavy atom. The minimum Gasteiger partial charge on any atom is -0.345 e. The molecule has 0 fully saturated rings. The lowest BCUT2D eigenvalue weighted by atomic mass is 9.87. The molecule has 27 heavy (non-hydrogen) atoms. The molecule has 0 unspecified atom stereocenters. The lowest BCUT2D eigenvalue weighted by molar-refractivity contribution is 0.0933. The summed E-state index contributed by atoms with van der Waals surface area (Å²) in [6, 6.07) is 19.0. The first-order valence-electron chi connectivity index (χ1n) is 9.05. The Balaban J connectivity index is 1.54. The van der Waals surface area contributed by atoms with Crippen LogP contribution in [0.5, 0.6) is 0 Å². The highest BCUT2D eigenvalue weighted by molar-refractivity contribution is 7.12. The van der Waals surface area contributed by atoms with Gasteiger partial charge in [-0.1, -0.05) is 42.5 Å². The molecule has 1 heterocycles. The van der Waals surface area contributed by atoms with Gasteiger partial charge in [-0.25, -0.2) is 0 Å². The van der Waals surface area contributed by atoms with E-state index >= 15 is 0 Å². The number of para-hydroxylation sites is 1. The van der Waals surface area contributed by atoms with Crippen molar-refractivity contribution in [3.8, 4) is 0 Å². The van der Waals surface area contributed by atoms with Gasteiger partial charge < -0.3 is 10.6 Å². The predicted octanol–water partition coefficient (Wildman–Crippen LogP) is 4.81. The van der Waals surface area contributed by atoms with Crippen molar-refractivity contribution in [3.05, 3.63) is 87.6 Å². The minimum atomic E-state index is -0.201. The van der Waals surface area contributed by atoms with Crippen LogP contribution in [0.2, 0.25) is 0 Å². The molecule has 0 saturated heterocycles. The zero-order valence-electron chi connectivity index (χ0n) is 14.8. The third-order valence-electron chi connectivity index (χ3n) is 4.84. The Bertz CT molecular complexity index is 966. The maximum absolute atomic E-state index is 13.0. The molecule has 1 aliphatic carbocycles. The molecule has 0 aliphatic heterocycles.